The van der Waals surface area contributed by atoms with Crippen molar-refractivity contribution >= 4 is 25.2 Å². The molecule has 1 unspecified atom stereocenters. The quantitative estimate of drug-likeness (QED) is 0.244. The van der Waals surface area contributed by atoms with Crippen LogP contribution in [0.5, 0.6) is 0 Å². The summed E-state index contributed by atoms with van der Waals surface area (Å²) >= 11 is 0. The van der Waals surface area contributed by atoms with Crippen molar-refractivity contribution in [1.82, 2.24) is 9.80 Å². The number of piperazine rings is 1. The standard InChI is InChI=1S/C25H58N2O5Si3/c1-24(2,3)33(7,8)31-35(11,32-34(9,10)25(4,5)6)20-12-19-30-22-23(29)21-27-15-13-26(14-16-27)17-18-28/h23,28-29H,12-22H2,1-11H3. The number of hydrogen-bond acceptors (Lipinski definition) is 7. The van der Waals surface area contributed by atoms with E-state index in [1.54, 1.807) is 0 Å². The zero-order chi connectivity index (χ0) is 27.1. The first-order chi connectivity index (χ1) is 15.8. The molecule has 1 heterocycles. The van der Waals surface area contributed by atoms with Gasteiger partial charge in [-0.3, -0.25) is 9.80 Å². The molecule has 35 heavy (non-hydrogen) atoms. The second kappa shape index (κ2) is 13.4. The van der Waals surface area contributed by atoms with Gasteiger partial charge in [0.15, 0.2) is 16.6 Å². The van der Waals surface area contributed by atoms with Crippen molar-refractivity contribution in [1.29, 1.82) is 0 Å². The topological polar surface area (TPSA) is 74.6 Å². The number of aliphatic hydroxyl groups excluding tert-OH is 2. The van der Waals surface area contributed by atoms with Crippen LogP contribution in [0, 0.1) is 0 Å². The van der Waals surface area contributed by atoms with Crippen LogP contribution in [0.3, 0.4) is 0 Å². The molecule has 1 rings (SSSR count). The summed E-state index contributed by atoms with van der Waals surface area (Å²) in [7, 11) is -6.35. The maximum Gasteiger partial charge on any atom is 0.314 e. The Morgan fingerprint density at radius 3 is 1.69 bits per heavy atom. The molecule has 0 spiro atoms. The molecule has 0 amide bonds. The minimum absolute atomic E-state index is 0.141. The Kier molecular flexibility index (Phi) is 12.8. The van der Waals surface area contributed by atoms with Gasteiger partial charge in [-0.25, -0.2) is 0 Å². The highest BCUT2D eigenvalue weighted by molar-refractivity contribution is 6.89. The van der Waals surface area contributed by atoms with Gasteiger partial charge in [-0.1, -0.05) is 41.5 Å². The van der Waals surface area contributed by atoms with Gasteiger partial charge < -0.3 is 23.2 Å². The second-order valence-corrected chi connectivity index (χ2v) is 27.0. The molecule has 0 saturated carbocycles. The van der Waals surface area contributed by atoms with E-state index in [-0.39, 0.29) is 16.7 Å². The fourth-order valence-corrected chi connectivity index (χ4v) is 17.1. The molecule has 0 radical (unpaired) electrons. The summed E-state index contributed by atoms with van der Waals surface area (Å²) < 4.78 is 20.0. The first-order valence-corrected chi connectivity index (χ1v) is 21.9. The zero-order valence-corrected chi connectivity index (χ0v) is 27.9. The van der Waals surface area contributed by atoms with E-state index in [0.29, 0.717) is 19.8 Å². The van der Waals surface area contributed by atoms with Crippen molar-refractivity contribution in [2.45, 2.75) is 103 Å². The van der Waals surface area contributed by atoms with Gasteiger partial charge in [-0.2, -0.15) is 0 Å². The number of β-amino-alcohol motifs (C(OH)–C–C–N with tert-alkyl or cyclic N) is 2. The lowest BCUT2D eigenvalue weighted by Crippen LogP contribution is -2.58. The Hall–Kier alpha value is 0.371. The van der Waals surface area contributed by atoms with Crippen LogP contribution in [-0.2, 0) is 13.0 Å². The van der Waals surface area contributed by atoms with Gasteiger partial charge in [-0.15, -0.1) is 0 Å². The molecule has 1 fully saturated rings. The van der Waals surface area contributed by atoms with Crippen LogP contribution in [0.4, 0.5) is 0 Å². The van der Waals surface area contributed by atoms with E-state index in [4.69, 9.17) is 18.1 Å². The third kappa shape index (κ3) is 11.3. The third-order valence-electron chi connectivity index (χ3n) is 8.13. The zero-order valence-electron chi connectivity index (χ0n) is 24.9. The van der Waals surface area contributed by atoms with E-state index in [2.05, 4.69) is 84.1 Å². The SMILES string of the molecule is CC(C)(C)[Si](C)(C)O[Si](C)(CCCOCC(O)CN1CCN(CCO)CC1)O[Si](C)(C)C(C)(C)C. The van der Waals surface area contributed by atoms with Crippen molar-refractivity contribution in [2.75, 3.05) is 59.1 Å². The molecule has 1 aliphatic heterocycles. The minimum Gasteiger partial charge on any atom is -0.436 e. The molecule has 0 aromatic rings. The van der Waals surface area contributed by atoms with Gasteiger partial charge in [0.2, 0.25) is 0 Å². The smallest absolute Gasteiger partial charge is 0.314 e. The molecule has 10 heteroatoms. The maximum atomic E-state index is 10.5. The minimum atomic E-state index is -2.42. The predicted octanol–water partition coefficient (Wildman–Crippen LogP) is 4.48. The number of aliphatic hydroxyl groups is 2. The van der Waals surface area contributed by atoms with E-state index in [1.807, 2.05) is 0 Å². The van der Waals surface area contributed by atoms with Gasteiger partial charge in [0.1, 0.15) is 0 Å². The Balaban J connectivity index is 2.58. The summed E-state index contributed by atoms with van der Waals surface area (Å²) in [6, 6.07) is 0.912. The number of hydrogen-bond donors (Lipinski definition) is 2. The summed E-state index contributed by atoms with van der Waals surface area (Å²) in [6.07, 6.45) is 0.411. The predicted molar refractivity (Wildman–Crippen MR) is 154 cm³/mol. The first kappa shape index (κ1) is 33.4. The molecule has 0 bridgehead atoms. The van der Waals surface area contributed by atoms with Crippen molar-refractivity contribution < 1.29 is 23.2 Å². The van der Waals surface area contributed by atoms with E-state index < -0.39 is 31.3 Å². The van der Waals surface area contributed by atoms with Crippen LogP contribution in [0.25, 0.3) is 0 Å². The van der Waals surface area contributed by atoms with Crippen molar-refractivity contribution in [3.05, 3.63) is 0 Å². The van der Waals surface area contributed by atoms with Crippen LogP contribution < -0.4 is 0 Å². The molecule has 2 N–H and O–H groups in total. The lowest BCUT2D eigenvalue weighted by molar-refractivity contribution is 0.00605. The van der Waals surface area contributed by atoms with Crippen LogP contribution in [0.15, 0.2) is 0 Å². The number of ether oxygens (including phenoxy) is 1. The number of rotatable bonds is 14. The van der Waals surface area contributed by atoms with Gasteiger partial charge >= 0.3 is 8.56 Å². The summed E-state index contributed by atoms with van der Waals surface area (Å²) in [5, 5.41) is 19.8. The fourth-order valence-electron chi connectivity index (χ4n) is 3.91. The molecule has 1 atom stereocenters. The van der Waals surface area contributed by atoms with Crippen molar-refractivity contribution in [2.24, 2.45) is 0 Å². The molecule has 210 valence electrons. The van der Waals surface area contributed by atoms with Gasteiger partial charge in [0.25, 0.3) is 0 Å². The molecule has 0 aromatic heterocycles. The highest BCUT2D eigenvalue weighted by Crippen LogP contribution is 2.43. The summed E-state index contributed by atoms with van der Waals surface area (Å²) in [4.78, 5) is 4.55. The van der Waals surface area contributed by atoms with Gasteiger partial charge in [0, 0.05) is 45.9 Å². The van der Waals surface area contributed by atoms with Crippen molar-refractivity contribution in [3.8, 4) is 0 Å². The van der Waals surface area contributed by atoms with Crippen LogP contribution in [0.1, 0.15) is 48.0 Å². The average molecular weight is 551 g/mol. The molecular weight excluding hydrogens is 493 g/mol. The lowest BCUT2D eigenvalue weighted by atomic mass is 10.2. The molecular formula is C25H58N2O5Si3. The summed E-state index contributed by atoms with van der Waals surface area (Å²) in [6.45, 7) is 31.6. The maximum absolute atomic E-state index is 10.5. The molecule has 1 saturated heterocycles. The van der Waals surface area contributed by atoms with Gasteiger partial charge in [-0.05, 0) is 55.3 Å². The largest absolute Gasteiger partial charge is 0.436 e. The second-order valence-electron chi connectivity index (χ2n) is 13.6. The van der Waals surface area contributed by atoms with Crippen LogP contribution >= 0.6 is 0 Å². The van der Waals surface area contributed by atoms with Crippen molar-refractivity contribution in [3.63, 3.8) is 0 Å². The average Bonchev–Trinajstić information content (AvgIpc) is 2.66. The lowest BCUT2D eigenvalue weighted by Gasteiger charge is -2.48. The monoisotopic (exact) mass is 550 g/mol. The Morgan fingerprint density at radius 1 is 0.800 bits per heavy atom. The van der Waals surface area contributed by atoms with Crippen LogP contribution in [-0.4, -0.2) is 110 Å². The molecule has 0 aromatic carbocycles. The molecule has 1 aliphatic rings. The van der Waals surface area contributed by atoms with E-state index >= 15 is 0 Å². The highest BCUT2D eigenvalue weighted by Gasteiger charge is 2.49. The summed E-state index contributed by atoms with van der Waals surface area (Å²) in [5.41, 5.74) is 0. The number of nitrogens with zero attached hydrogens (tertiary/aromatic N) is 2. The normalized spacial score (nSPS) is 18.8. The Bertz CT molecular complexity index is 587. The van der Waals surface area contributed by atoms with E-state index in [9.17, 15) is 5.11 Å². The highest BCUT2D eigenvalue weighted by atomic mass is 28.5. The first-order valence-electron chi connectivity index (χ1n) is 13.5. The fraction of sp³-hybridized carbons (Fsp3) is 1.00. The molecule has 0 aliphatic carbocycles. The van der Waals surface area contributed by atoms with E-state index in [0.717, 1.165) is 45.2 Å². The van der Waals surface area contributed by atoms with Crippen LogP contribution in [0.2, 0.25) is 48.9 Å². The Morgan fingerprint density at radius 2 is 1.26 bits per heavy atom. The van der Waals surface area contributed by atoms with E-state index in [1.165, 1.54) is 0 Å². The summed E-state index contributed by atoms with van der Waals surface area (Å²) in [5.74, 6) is 0. The Labute approximate surface area is 220 Å². The van der Waals surface area contributed by atoms with Gasteiger partial charge in [0.05, 0.1) is 19.3 Å². The third-order valence-corrected chi connectivity index (χ3v) is 24.2. The molecule has 7 nitrogen and oxygen atoms in total.